The number of hydrogen-bond acceptors (Lipinski definition) is 5. The molecule has 0 aliphatic rings. The lowest BCUT2D eigenvalue weighted by molar-refractivity contribution is -0.149. The first-order valence-corrected chi connectivity index (χ1v) is 11.5. The number of esters is 1. The lowest BCUT2D eigenvalue weighted by Crippen LogP contribution is -2.46. The van der Waals surface area contributed by atoms with Gasteiger partial charge in [0.1, 0.15) is 6.04 Å². The summed E-state index contributed by atoms with van der Waals surface area (Å²) >= 11 is 0. The Morgan fingerprint density at radius 2 is 1.58 bits per heavy atom. The van der Waals surface area contributed by atoms with Crippen molar-refractivity contribution in [2.75, 3.05) is 0 Å². The lowest BCUT2D eigenvalue weighted by atomic mass is 10.0. The molecule has 0 fully saturated rings. The fraction of sp³-hybridized carbons (Fsp3) is 0.304. The van der Waals surface area contributed by atoms with Crippen LogP contribution >= 0.6 is 0 Å². The minimum atomic E-state index is -3.93. The van der Waals surface area contributed by atoms with Crippen LogP contribution < -0.4 is 4.72 Å². The average Bonchev–Trinajstić information content (AvgIpc) is 3.07. The Kier molecular flexibility index (Phi) is 6.62. The van der Waals surface area contributed by atoms with Gasteiger partial charge in [-0.25, -0.2) is 8.42 Å². The Balaban J connectivity index is 1.79. The first kappa shape index (κ1) is 22.7. The van der Waals surface area contributed by atoms with Crippen molar-refractivity contribution in [1.29, 1.82) is 0 Å². The van der Waals surface area contributed by atoms with E-state index in [-0.39, 0.29) is 16.6 Å². The smallest absolute Gasteiger partial charge is 0.325 e. The number of benzene rings is 2. The van der Waals surface area contributed by atoms with Crippen molar-refractivity contribution in [2.24, 2.45) is 5.92 Å². The molecule has 0 spiro atoms. The van der Waals surface area contributed by atoms with Crippen molar-refractivity contribution >= 4 is 32.7 Å². The van der Waals surface area contributed by atoms with E-state index in [1.165, 1.54) is 19.1 Å². The van der Waals surface area contributed by atoms with E-state index in [0.717, 1.165) is 10.9 Å². The van der Waals surface area contributed by atoms with Crippen molar-refractivity contribution in [1.82, 2.24) is 9.71 Å². The summed E-state index contributed by atoms with van der Waals surface area (Å²) in [6.07, 6.45) is -1.08. The van der Waals surface area contributed by atoms with Crippen LogP contribution in [-0.2, 0) is 19.6 Å². The van der Waals surface area contributed by atoms with Crippen LogP contribution in [0.3, 0.4) is 0 Å². The summed E-state index contributed by atoms with van der Waals surface area (Å²) in [4.78, 5) is 29.1. The molecule has 31 heavy (non-hydrogen) atoms. The molecule has 0 saturated heterocycles. The number of Topliss-reactive ketones (excluding diaryl/α,β-unsaturated/α-hetero) is 1. The number of fused-ring (bicyclic) bond motifs is 1. The van der Waals surface area contributed by atoms with Gasteiger partial charge < -0.3 is 9.72 Å². The van der Waals surface area contributed by atoms with Gasteiger partial charge in [-0.1, -0.05) is 50.2 Å². The van der Waals surface area contributed by atoms with Crippen LogP contribution in [0.5, 0.6) is 0 Å². The summed E-state index contributed by atoms with van der Waals surface area (Å²) in [5.74, 6) is -1.53. The largest absolute Gasteiger partial charge is 0.453 e. The molecule has 7 nitrogen and oxygen atoms in total. The number of sulfonamides is 1. The highest BCUT2D eigenvalue weighted by molar-refractivity contribution is 7.89. The summed E-state index contributed by atoms with van der Waals surface area (Å²) in [7, 11) is -3.93. The first-order valence-electron chi connectivity index (χ1n) is 10.0. The van der Waals surface area contributed by atoms with Gasteiger partial charge >= 0.3 is 5.97 Å². The second-order valence-electron chi connectivity index (χ2n) is 7.77. The van der Waals surface area contributed by atoms with Crippen LogP contribution in [0.1, 0.15) is 36.8 Å². The number of hydrogen-bond donors (Lipinski definition) is 2. The summed E-state index contributed by atoms with van der Waals surface area (Å²) in [5.41, 5.74) is 1.96. The molecular weight excluding hydrogens is 416 g/mol. The van der Waals surface area contributed by atoms with E-state index in [4.69, 9.17) is 4.74 Å². The Labute approximate surface area is 181 Å². The molecule has 1 aromatic heterocycles. The molecule has 0 saturated carbocycles. The van der Waals surface area contributed by atoms with E-state index >= 15 is 0 Å². The Bertz CT molecular complexity index is 1200. The molecule has 2 unspecified atom stereocenters. The maximum absolute atomic E-state index is 13.0. The van der Waals surface area contributed by atoms with Crippen LogP contribution in [0.2, 0.25) is 0 Å². The van der Waals surface area contributed by atoms with Crippen molar-refractivity contribution in [2.45, 2.75) is 44.7 Å². The summed E-state index contributed by atoms with van der Waals surface area (Å²) in [6.45, 7) is 6.68. The minimum absolute atomic E-state index is 0.0481. The number of aromatic nitrogens is 1. The van der Waals surface area contributed by atoms with Crippen LogP contribution in [0, 0.1) is 12.8 Å². The van der Waals surface area contributed by atoms with Crippen LogP contribution in [0.15, 0.2) is 59.5 Å². The van der Waals surface area contributed by atoms with E-state index in [1.54, 1.807) is 39.0 Å². The highest BCUT2D eigenvalue weighted by Gasteiger charge is 2.32. The van der Waals surface area contributed by atoms with Gasteiger partial charge in [-0.05, 0) is 38.0 Å². The van der Waals surface area contributed by atoms with E-state index in [2.05, 4.69) is 9.71 Å². The molecular formula is C23H26N2O5S. The maximum Gasteiger partial charge on any atom is 0.325 e. The highest BCUT2D eigenvalue weighted by Crippen LogP contribution is 2.24. The number of rotatable bonds is 8. The van der Waals surface area contributed by atoms with Gasteiger partial charge in [-0.15, -0.1) is 0 Å². The van der Waals surface area contributed by atoms with Crippen molar-refractivity contribution < 1.29 is 22.7 Å². The Hall–Kier alpha value is -2.97. The maximum atomic E-state index is 13.0. The number of aryl methyl sites for hydroxylation is 1. The van der Waals surface area contributed by atoms with E-state index in [0.29, 0.717) is 11.3 Å². The van der Waals surface area contributed by atoms with E-state index < -0.39 is 28.1 Å². The van der Waals surface area contributed by atoms with E-state index in [9.17, 15) is 18.0 Å². The number of para-hydroxylation sites is 1. The fourth-order valence-corrected chi connectivity index (χ4v) is 4.74. The van der Waals surface area contributed by atoms with Crippen molar-refractivity contribution in [3.63, 3.8) is 0 Å². The van der Waals surface area contributed by atoms with Gasteiger partial charge in [0.25, 0.3) is 0 Å². The molecule has 0 aliphatic carbocycles. The standard InChI is InChI=1S/C23H26N2O5S/c1-14(2)21(25-31(28,29)17-10-6-5-7-11-17)23(27)30-16(4)22(26)20-15(3)24-19-13-9-8-12-18(19)20/h5-14,16,21,24-25H,1-4H3. The third kappa shape index (κ3) is 4.86. The molecule has 8 heteroatoms. The molecule has 3 rings (SSSR count). The zero-order chi connectivity index (χ0) is 22.8. The molecule has 3 aromatic rings. The third-order valence-electron chi connectivity index (χ3n) is 5.06. The lowest BCUT2D eigenvalue weighted by Gasteiger charge is -2.22. The van der Waals surface area contributed by atoms with Crippen molar-refractivity contribution in [3.05, 3.63) is 65.9 Å². The highest BCUT2D eigenvalue weighted by atomic mass is 32.2. The molecule has 1 heterocycles. The number of carbonyl (C=O) groups is 2. The molecule has 2 aromatic carbocycles. The second-order valence-corrected chi connectivity index (χ2v) is 9.48. The normalized spacial score (nSPS) is 13.8. The van der Waals surface area contributed by atoms with Gasteiger partial charge in [-0.3, -0.25) is 9.59 Å². The quantitative estimate of drug-likeness (QED) is 0.410. The van der Waals surface area contributed by atoms with Gasteiger partial charge in [-0.2, -0.15) is 4.72 Å². The Morgan fingerprint density at radius 3 is 2.23 bits per heavy atom. The number of ether oxygens (including phenoxy) is 1. The number of nitrogens with one attached hydrogen (secondary N) is 2. The number of carbonyl (C=O) groups excluding carboxylic acids is 2. The summed E-state index contributed by atoms with van der Waals surface area (Å²) in [5, 5.41) is 0.748. The second kappa shape index (κ2) is 9.03. The van der Waals surface area contributed by atoms with Crippen LogP contribution in [0.4, 0.5) is 0 Å². The summed E-state index contributed by atoms with van der Waals surface area (Å²) in [6, 6.07) is 14.0. The monoisotopic (exact) mass is 442 g/mol. The molecule has 0 aliphatic heterocycles. The fourth-order valence-electron chi connectivity index (χ4n) is 3.39. The molecule has 0 amide bonds. The zero-order valence-corrected chi connectivity index (χ0v) is 18.7. The third-order valence-corrected chi connectivity index (χ3v) is 6.52. The van der Waals surface area contributed by atoms with E-state index in [1.807, 2.05) is 24.3 Å². The van der Waals surface area contributed by atoms with Crippen molar-refractivity contribution in [3.8, 4) is 0 Å². The number of aromatic amines is 1. The SMILES string of the molecule is Cc1[nH]c2ccccc2c1C(=O)C(C)OC(=O)C(NS(=O)(=O)c1ccccc1)C(C)C. The predicted molar refractivity (Wildman–Crippen MR) is 118 cm³/mol. The molecule has 0 radical (unpaired) electrons. The molecule has 0 bridgehead atoms. The van der Waals surface area contributed by atoms with Gasteiger partial charge in [0, 0.05) is 22.2 Å². The first-order chi connectivity index (χ1) is 14.6. The average molecular weight is 443 g/mol. The van der Waals surface area contributed by atoms with Gasteiger partial charge in [0.15, 0.2) is 6.10 Å². The molecule has 2 atom stereocenters. The van der Waals surface area contributed by atoms with Crippen LogP contribution in [-0.4, -0.2) is 37.3 Å². The van der Waals surface area contributed by atoms with Gasteiger partial charge in [0.05, 0.1) is 4.90 Å². The Morgan fingerprint density at radius 1 is 0.968 bits per heavy atom. The topological polar surface area (TPSA) is 105 Å². The molecule has 164 valence electrons. The summed E-state index contributed by atoms with van der Waals surface area (Å²) < 4.78 is 33.1. The zero-order valence-electron chi connectivity index (χ0n) is 17.9. The number of ketones is 1. The number of H-pyrrole nitrogens is 1. The molecule has 2 N–H and O–H groups in total. The van der Waals surface area contributed by atoms with Gasteiger partial charge in [0.2, 0.25) is 15.8 Å². The minimum Gasteiger partial charge on any atom is -0.453 e. The predicted octanol–water partition coefficient (Wildman–Crippen LogP) is 3.59. The van der Waals surface area contributed by atoms with Crippen LogP contribution in [0.25, 0.3) is 10.9 Å².